The average molecular weight is 635 g/mol. The fourth-order valence-electron chi connectivity index (χ4n) is 7.59. The molecular formula is C42H27BN2O2S. The van der Waals surface area contributed by atoms with Crippen LogP contribution in [-0.2, 0) is 0 Å². The van der Waals surface area contributed by atoms with Crippen molar-refractivity contribution in [3.8, 4) is 22.5 Å². The third-order valence-electron chi connectivity index (χ3n) is 9.72. The third kappa shape index (κ3) is 3.98. The second-order valence-corrected chi connectivity index (χ2v) is 13.4. The number of hydrogen-bond acceptors (Lipinski definition) is 3. The van der Waals surface area contributed by atoms with E-state index in [1.165, 1.54) is 21.8 Å². The van der Waals surface area contributed by atoms with Crippen molar-refractivity contribution in [1.82, 2.24) is 9.13 Å². The van der Waals surface area contributed by atoms with Crippen molar-refractivity contribution in [3.63, 3.8) is 0 Å². The summed E-state index contributed by atoms with van der Waals surface area (Å²) >= 11 is 1.60. The van der Waals surface area contributed by atoms with Gasteiger partial charge in [0, 0.05) is 58.6 Å². The van der Waals surface area contributed by atoms with Gasteiger partial charge in [-0.3, -0.25) is 0 Å². The fourth-order valence-corrected chi connectivity index (χ4v) is 8.81. The van der Waals surface area contributed by atoms with E-state index in [0.29, 0.717) is 5.46 Å². The van der Waals surface area contributed by atoms with Crippen LogP contribution in [-0.4, -0.2) is 26.3 Å². The zero-order chi connectivity index (χ0) is 31.9. The molecule has 4 nitrogen and oxygen atoms in total. The lowest BCUT2D eigenvalue weighted by Gasteiger charge is -2.12. The summed E-state index contributed by atoms with van der Waals surface area (Å²) in [4.78, 5) is 0. The Bertz CT molecular complexity index is 2880. The lowest BCUT2D eigenvalue weighted by Crippen LogP contribution is -2.30. The van der Waals surface area contributed by atoms with Crippen LogP contribution in [0.25, 0.3) is 86.3 Å². The quantitative estimate of drug-likeness (QED) is 0.190. The van der Waals surface area contributed by atoms with Crippen molar-refractivity contribution in [2.45, 2.75) is 0 Å². The summed E-state index contributed by atoms with van der Waals surface area (Å²) in [5.74, 6) is 0. The van der Waals surface area contributed by atoms with Gasteiger partial charge in [-0.15, -0.1) is 11.3 Å². The van der Waals surface area contributed by atoms with Gasteiger partial charge >= 0.3 is 7.12 Å². The number of hydrogen-bond donors (Lipinski definition) is 2. The first kappa shape index (κ1) is 27.5. The molecule has 7 aromatic carbocycles. The molecule has 0 saturated carbocycles. The number of para-hydroxylation sites is 3. The highest BCUT2D eigenvalue weighted by molar-refractivity contribution is 7.27. The van der Waals surface area contributed by atoms with E-state index in [-0.39, 0.29) is 0 Å². The van der Waals surface area contributed by atoms with Crippen LogP contribution >= 0.6 is 11.3 Å². The SMILES string of the molecule is OB(O)c1cc(-n2c3ccccc3c3cc(-c4ccc5c6ccccc6n(-c6ccccc6)c5c4)ccc32)cc2c1sc1ccccc12. The van der Waals surface area contributed by atoms with Crippen molar-refractivity contribution < 1.29 is 10.0 Å². The van der Waals surface area contributed by atoms with Crippen molar-refractivity contribution in [2.24, 2.45) is 0 Å². The van der Waals surface area contributed by atoms with Crippen LogP contribution in [0.4, 0.5) is 0 Å². The lowest BCUT2D eigenvalue weighted by atomic mass is 9.79. The molecule has 10 rings (SSSR count). The lowest BCUT2D eigenvalue weighted by molar-refractivity contribution is 0.426. The molecule has 0 aliphatic heterocycles. The molecule has 3 heterocycles. The molecule has 0 amide bonds. The molecule has 0 spiro atoms. The Balaban J connectivity index is 1.21. The number of thiophene rings is 1. The summed E-state index contributed by atoms with van der Waals surface area (Å²) < 4.78 is 6.64. The van der Waals surface area contributed by atoms with Crippen LogP contribution in [0, 0.1) is 0 Å². The van der Waals surface area contributed by atoms with E-state index in [2.05, 4.69) is 143 Å². The molecule has 0 bridgehead atoms. The second kappa shape index (κ2) is 10.4. The number of benzene rings is 7. The molecule has 6 heteroatoms. The van der Waals surface area contributed by atoms with E-state index < -0.39 is 7.12 Å². The highest BCUT2D eigenvalue weighted by Crippen LogP contribution is 2.40. The fraction of sp³-hybridized carbons (Fsp3) is 0. The Morgan fingerprint density at radius 2 is 1.00 bits per heavy atom. The van der Waals surface area contributed by atoms with E-state index in [4.69, 9.17) is 0 Å². The summed E-state index contributed by atoms with van der Waals surface area (Å²) in [6.07, 6.45) is 0. The molecule has 48 heavy (non-hydrogen) atoms. The summed E-state index contributed by atoms with van der Waals surface area (Å²) in [5.41, 5.74) is 9.36. The molecule has 0 aliphatic carbocycles. The van der Waals surface area contributed by atoms with Gasteiger partial charge in [-0.1, -0.05) is 91.0 Å². The Morgan fingerprint density at radius 3 is 1.77 bits per heavy atom. The molecule has 226 valence electrons. The van der Waals surface area contributed by atoms with Crippen LogP contribution in [0.3, 0.4) is 0 Å². The van der Waals surface area contributed by atoms with E-state index in [0.717, 1.165) is 64.5 Å². The number of nitrogens with zero attached hydrogens (tertiary/aromatic N) is 2. The molecule has 0 saturated heterocycles. The molecule has 0 radical (unpaired) electrons. The summed E-state index contributed by atoms with van der Waals surface area (Å²) in [6.45, 7) is 0. The topological polar surface area (TPSA) is 50.3 Å². The summed E-state index contributed by atoms with van der Waals surface area (Å²) in [7, 11) is -1.58. The Kier molecular flexibility index (Phi) is 5.96. The van der Waals surface area contributed by atoms with Crippen LogP contribution in [0.5, 0.6) is 0 Å². The zero-order valence-corrected chi connectivity index (χ0v) is 26.5. The maximum absolute atomic E-state index is 10.5. The maximum atomic E-state index is 10.5. The first-order chi connectivity index (χ1) is 23.6. The highest BCUT2D eigenvalue weighted by atomic mass is 32.1. The molecule has 2 N–H and O–H groups in total. The van der Waals surface area contributed by atoms with E-state index in [1.54, 1.807) is 11.3 Å². The van der Waals surface area contributed by atoms with Gasteiger partial charge in [0.25, 0.3) is 0 Å². The van der Waals surface area contributed by atoms with Crippen LogP contribution < -0.4 is 5.46 Å². The number of fused-ring (bicyclic) bond motifs is 9. The molecule has 3 aromatic heterocycles. The summed E-state index contributed by atoms with van der Waals surface area (Å²) in [5, 5.41) is 28.0. The van der Waals surface area contributed by atoms with Crippen LogP contribution in [0.2, 0.25) is 0 Å². The van der Waals surface area contributed by atoms with Gasteiger partial charge in [0.15, 0.2) is 0 Å². The normalized spacial score (nSPS) is 12.0. The van der Waals surface area contributed by atoms with E-state index in [9.17, 15) is 10.0 Å². The van der Waals surface area contributed by atoms with E-state index in [1.807, 2.05) is 18.2 Å². The molecule has 0 unspecified atom stereocenters. The van der Waals surface area contributed by atoms with Gasteiger partial charge in [0.2, 0.25) is 0 Å². The number of rotatable bonds is 4. The van der Waals surface area contributed by atoms with Crippen LogP contribution in [0.15, 0.2) is 152 Å². The molecule has 0 atom stereocenters. The van der Waals surface area contributed by atoms with E-state index >= 15 is 0 Å². The standard InChI is InChI=1S/C42H27BN2O2S/c46-43(47)36-25-29(24-35-33-14-6-9-17-41(33)48-42(35)36)45-38-16-8-5-13-31(38)34-22-26(19-21-39(34)45)27-18-20-32-30-12-4-7-15-37(30)44(40(32)23-27)28-10-2-1-3-11-28/h1-25,46-47H. The highest BCUT2D eigenvalue weighted by Gasteiger charge is 2.22. The summed E-state index contributed by atoms with van der Waals surface area (Å²) in [6, 6.07) is 53.5. The Labute approximate surface area is 280 Å². The van der Waals surface area contributed by atoms with Crippen molar-refractivity contribution in [3.05, 3.63) is 152 Å². The Hall–Kier alpha value is -5.66. The van der Waals surface area contributed by atoms with Gasteiger partial charge in [-0.2, -0.15) is 0 Å². The first-order valence-electron chi connectivity index (χ1n) is 16.1. The minimum Gasteiger partial charge on any atom is -0.423 e. The second-order valence-electron chi connectivity index (χ2n) is 12.4. The maximum Gasteiger partial charge on any atom is 0.489 e. The van der Waals surface area contributed by atoms with Crippen molar-refractivity contribution >= 4 is 87.7 Å². The predicted octanol–water partition coefficient (Wildman–Crippen LogP) is 9.60. The van der Waals surface area contributed by atoms with Gasteiger partial charge in [0.1, 0.15) is 0 Å². The van der Waals surface area contributed by atoms with Gasteiger partial charge < -0.3 is 19.2 Å². The molecule has 0 fully saturated rings. The third-order valence-corrected chi connectivity index (χ3v) is 11.0. The first-order valence-corrected chi connectivity index (χ1v) is 16.9. The van der Waals surface area contributed by atoms with Crippen LogP contribution in [0.1, 0.15) is 0 Å². The number of aromatic nitrogens is 2. The Morgan fingerprint density at radius 1 is 0.417 bits per heavy atom. The predicted molar refractivity (Wildman–Crippen MR) is 203 cm³/mol. The van der Waals surface area contributed by atoms with Gasteiger partial charge in [-0.25, -0.2) is 0 Å². The van der Waals surface area contributed by atoms with Crippen molar-refractivity contribution in [2.75, 3.05) is 0 Å². The smallest absolute Gasteiger partial charge is 0.423 e. The molecule has 10 aromatic rings. The monoisotopic (exact) mass is 634 g/mol. The average Bonchev–Trinajstić information content (AvgIpc) is 3.78. The molecule has 0 aliphatic rings. The largest absolute Gasteiger partial charge is 0.489 e. The minimum absolute atomic E-state index is 0.522. The molecular weight excluding hydrogens is 607 g/mol. The van der Waals surface area contributed by atoms with Gasteiger partial charge in [0.05, 0.1) is 22.1 Å². The zero-order valence-electron chi connectivity index (χ0n) is 25.7. The van der Waals surface area contributed by atoms with Gasteiger partial charge in [-0.05, 0) is 71.8 Å². The van der Waals surface area contributed by atoms with Crippen molar-refractivity contribution in [1.29, 1.82) is 0 Å². The minimum atomic E-state index is -1.58.